The van der Waals surface area contributed by atoms with Gasteiger partial charge in [-0.15, -0.1) is 0 Å². The van der Waals surface area contributed by atoms with E-state index in [0.29, 0.717) is 23.3 Å². The van der Waals surface area contributed by atoms with Gasteiger partial charge < -0.3 is 10.5 Å². The smallest absolute Gasteiger partial charge is 0.416 e. The number of hydrogen-bond donors (Lipinski definition) is 1. The maximum Gasteiger partial charge on any atom is 0.416 e. The molecule has 2 aromatic carbocycles. The summed E-state index contributed by atoms with van der Waals surface area (Å²) in [5.74, 6) is 0.307. The Morgan fingerprint density at radius 2 is 1.74 bits per heavy atom. The molecule has 0 radical (unpaired) electrons. The van der Waals surface area contributed by atoms with E-state index in [0.717, 1.165) is 12.1 Å². The minimum atomic E-state index is -4.41. The zero-order chi connectivity index (χ0) is 20.1. The molecule has 0 bridgehead atoms. The molecule has 0 saturated carbocycles. The molecule has 4 nitrogen and oxygen atoms in total. The van der Waals surface area contributed by atoms with Gasteiger partial charge in [0.05, 0.1) is 17.1 Å². The van der Waals surface area contributed by atoms with Crippen molar-refractivity contribution in [2.24, 2.45) is 5.73 Å². The van der Waals surface area contributed by atoms with Crippen molar-refractivity contribution in [2.45, 2.75) is 25.6 Å². The number of rotatable bonds is 8. The summed E-state index contributed by atoms with van der Waals surface area (Å²) in [5, 5.41) is 0. The van der Waals surface area contributed by atoms with Gasteiger partial charge in [0.25, 0.3) is 0 Å². The standard InChI is InChI=1S/C19H22F3NO3S/c1-2-10-27(24,25)13-18(12-23)26-17-8-6-14(7-9-17)15-4-3-5-16(11-15)19(20,21)22/h3-9,11,18H,2,10,12-13,23H2,1H3. The molecule has 0 amide bonds. The first-order valence-electron chi connectivity index (χ1n) is 8.49. The lowest BCUT2D eigenvalue weighted by Crippen LogP contribution is -2.34. The molecule has 0 fully saturated rings. The summed E-state index contributed by atoms with van der Waals surface area (Å²) in [6.45, 7) is 1.82. The molecule has 0 spiro atoms. The van der Waals surface area contributed by atoms with E-state index in [2.05, 4.69) is 0 Å². The van der Waals surface area contributed by atoms with Crippen molar-refractivity contribution in [3.8, 4) is 16.9 Å². The first-order valence-corrected chi connectivity index (χ1v) is 10.3. The van der Waals surface area contributed by atoms with E-state index in [1.54, 1.807) is 37.3 Å². The average molecular weight is 401 g/mol. The first-order chi connectivity index (χ1) is 12.6. The Bertz CT molecular complexity index is 849. The van der Waals surface area contributed by atoms with E-state index in [9.17, 15) is 21.6 Å². The normalized spacial score (nSPS) is 13.4. The summed E-state index contributed by atoms with van der Waals surface area (Å²) in [6.07, 6.45) is -4.57. The highest BCUT2D eigenvalue weighted by molar-refractivity contribution is 7.91. The number of halogens is 3. The van der Waals surface area contributed by atoms with Crippen molar-refractivity contribution in [3.63, 3.8) is 0 Å². The quantitative estimate of drug-likeness (QED) is 0.728. The van der Waals surface area contributed by atoms with Gasteiger partial charge in [-0.1, -0.05) is 31.2 Å². The van der Waals surface area contributed by atoms with Crippen molar-refractivity contribution in [2.75, 3.05) is 18.1 Å². The van der Waals surface area contributed by atoms with E-state index in [-0.39, 0.29) is 18.1 Å². The fraction of sp³-hybridized carbons (Fsp3) is 0.368. The predicted octanol–water partition coefficient (Wildman–Crippen LogP) is 3.90. The Morgan fingerprint density at radius 1 is 1.07 bits per heavy atom. The maximum absolute atomic E-state index is 12.8. The lowest BCUT2D eigenvalue weighted by molar-refractivity contribution is -0.137. The molecule has 0 saturated heterocycles. The van der Waals surface area contributed by atoms with Gasteiger partial charge in [-0.25, -0.2) is 8.42 Å². The van der Waals surface area contributed by atoms with Gasteiger partial charge in [0.15, 0.2) is 9.84 Å². The largest absolute Gasteiger partial charge is 0.488 e. The molecule has 27 heavy (non-hydrogen) atoms. The van der Waals surface area contributed by atoms with Gasteiger partial charge in [0, 0.05) is 6.54 Å². The number of nitrogens with two attached hydrogens (primary N) is 1. The summed E-state index contributed by atoms with van der Waals surface area (Å²) in [6, 6.07) is 11.5. The second-order valence-corrected chi connectivity index (χ2v) is 8.42. The zero-order valence-corrected chi connectivity index (χ0v) is 15.7. The monoisotopic (exact) mass is 401 g/mol. The molecule has 0 aliphatic rings. The molecular formula is C19H22F3NO3S. The fourth-order valence-corrected chi connectivity index (χ4v) is 4.18. The van der Waals surface area contributed by atoms with Gasteiger partial charge in [-0.3, -0.25) is 0 Å². The van der Waals surface area contributed by atoms with Crippen LogP contribution >= 0.6 is 0 Å². The van der Waals surface area contributed by atoms with Crippen LogP contribution in [0.4, 0.5) is 13.2 Å². The topological polar surface area (TPSA) is 69.4 Å². The van der Waals surface area contributed by atoms with Crippen LogP contribution < -0.4 is 10.5 Å². The Balaban J connectivity index is 2.13. The summed E-state index contributed by atoms with van der Waals surface area (Å²) in [7, 11) is -3.24. The minimum Gasteiger partial charge on any atom is -0.488 e. The summed E-state index contributed by atoms with van der Waals surface area (Å²) >= 11 is 0. The van der Waals surface area contributed by atoms with Crippen molar-refractivity contribution < 1.29 is 26.3 Å². The highest BCUT2D eigenvalue weighted by Gasteiger charge is 2.30. The van der Waals surface area contributed by atoms with Crippen LogP contribution in [0.15, 0.2) is 48.5 Å². The van der Waals surface area contributed by atoms with Crippen LogP contribution in [0, 0.1) is 0 Å². The van der Waals surface area contributed by atoms with Crippen molar-refractivity contribution in [1.29, 1.82) is 0 Å². The third kappa shape index (κ3) is 6.25. The molecular weight excluding hydrogens is 379 g/mol. The summed E-state index contributed by atoms with van der Waals surface area (Å²) < 4.78 is 68.0. The molecule has 1 atom stereocenters. The average Bonchev–Trinajstić information content (AvgIpc) is 2.61. The second-order valence-electron chi connectivity index (χ2n) is 6.19. The number of benzene rings is 2. The highest BCUT2D eigenvalue weighted by Crippen LogP contribution is 2.32. The van der Waals surface area contributed by atoms with Crippen LogP contribution in [0.5, 0.6) is 5.75 Å². The number of sulfone groups is 1. The SMILES string of the molecule is CCCS(=O)(=O)CC(CN)Oc1ccc(-c2cccc(C(F)(F)F)c2)cc1. The fourth-order valence-electron chi connectivity index (χ4n) is 2.62. The molecule has 148 valence electrons. The molecule has 0 aliphatic carbocycles. The number of hydrogen-bond acceptors (Lipinski definition) is 4. The van der Waals surface area contributed by atoms with Gasteiger partial charge >= 0.3 is 6.18 Å². The molecule has 2 rings (SSSR count). The minimum absolute atomic E-state index is 0.0400. The Hall–Kier alpha value is -2.06. The van der Waals surface area contributed by atoms with Crippen LogP contribution in [0.1, 0.15) is 18.9 Å². The van der Waals surface area contributed by atoms with Gasteiger partial charge in [0.2, 0.25) is 0 Å². The molecule has 0 heterocycles. The van der Waals surface area contributed by atoms with Crippen molar-refractivity contribution in [1.82, 2.24) is 0 Å². The molecule has 8 heteroatoms. The van der Waals surface area contributed by atoms with Crippen molar-refractivity contribution in [3.05, 3.63) is 54.1 Å². The lowest BCUT2D eigenvalue weighted by atomic mass is 10.0. The van der Waals surface area contributed by atoms with Crippen LogP contribution in [0.3, 0.4) is 0 Å². The molecule has 2 N–H and O–H groups in total. The van der Waals surface area contributed by atoms with Crippen LogP contribution in [0.2, 0.25) is 0 Å². The van der Waals surface area contributed by atoms with E-state index < -0.39 is 27.7 Å². The van der Waals surface area contributed by atoms with E-state index in [1.807, 2.05) is 0 Å². The van der Waals surface area contributed by atoms with Crippen molar-refractivity contribution >= 4 is 9.84 Å². The molecule has 0 aromatic heterocycles. The Kier molecular flexibility index (Phi) is 6.89. The van der Waals surface area contributed by atoms with E-state index in [1.165, 1.54) is 6.07 Å². The third-order valence-electron chi connectivity index (χ3n) is 3.90. The molecule has 2 aromatic rings. The molecule has 1 unspecified atom stereocenters. The zero-order valence-electron chi connectivity index (χ0n) is 14.9. The first kappa shape index (κ1) is 21.2. The Labute approximate surface area is 157 Å². The van der Waals surface area contributed by atoms with Crippen LogP contribution in [0.25, 0.3) is 11.1 Å². The lowest BCUT2D eigenvalue weighted by Gasteiger charge is -2.18. The maximum atomic E-state index is 12.8. The van der Waals surface area contributed by atoms with Gasteiger partial charge in [-0.2, -0.15) is 13.2 Å². The van der Waals surface area contributed by atoms with E-state index in [4.69, 9.17) is 10.5 Å². The van der Waals surface area contributed by atoms with E-state index >= 15 is 0 Å². The third-order valence-corrected chi connectivity index (χ3v) is 5.81. The number of ether oxygens (including phenoxy) is 1. The molecule has 0 aliphatic heterocycles. The van der Waals surface area contributed by atoms with Gasteiger partial charge in [0.1, 0.15) is 11.9 Å². The predicted molar refractivity (Wildman–Crippen MR) is 99.3 cm³/mol. The second kappa shape index (κ2) is 8.75. The number of alkyl halides is 3. The highest BCUT2D eigenvalue weighted by atomic mass is 32.2. The van der Waals surface area contributed by atoms with Gasteiger partial charge in [-0.05, 0) is 41.8 Å². The summed E-state index contributed by atoms with van der Waals surface area (Å²) in [5.41, 5.74) is 5.91. The van der Waals surface area contributed by atoms with Crippen LogP contribution in [-0.2, 0) is 16.0 Å². The Morgan fingerprint density at radius 3 is 2.30 bits per heavy atom. The summed E-state index contributed by atoms with van der Waals surface area (Å²) in [4.78, 5) is 0. The van der Waals surface area contributed by atoms with Crippen LogP contribution in [-0.4, -0.2) is 32.6 Å².